The number of methoxy groups -OCH3 is 2. The Labute approximate surface area is 99.2 Å². The largest absolute Gasteiger partial charge is 0.496 e. The zero-order valence-corrected chi connectivity index (χ0v) is 9.68. The van der Waals surface area contributed by atoms with Crippen LogP contribution in [0.1, 0.15) is 0 Å². The topological polar surface area (TPSA) is 70.3 Å². The third-order valence-electron chi connectivity index (χ3n) is 2.45. The minimum absolute atomic E-state index is 0.313. The summed E-state index contributed by atoms with van der Waals surface area (Å²) >= 11 is 0. The number of hydrogen-bond acceptors (Lipinski definition) is 5. The lowest BCUT2D eigenvalue weighted by Crippen LogP contribution is -2.00. The number of rotatable bonds is 3. The highest BCUT2D eigenvalue weighted by Crippen LogP contribution is 2.35. The number of aromatic nitrogens is 2. The zero-order valence-electron chi connectivity index (χ0n) is 9.68. The molecule has 5 nitrogen and oxygen atoms in total. The minimum atomic E-state index is 0.313. The third-order valence-corrected chi connectivity index (χ3v) is 2.45. The van der Waals surface area contributed by atoms with Crippen LogP contribution in [-0.4, -0.2) is 24.4 Å². The Balaban J connectivity index is 2.60. The number of anilines is 1. The Morgan fingerprint density at radius 3 is 2.53 bits per heavy atom. The average molecular weight is 231 g/mol. The van der Waals surface area contributed by atoms with Gasteiger partial charge in [-0.15, -0.1) is 5.10 Å². The molecule has 0 aliphatic heterocycles. The van der Waals surface area contributed by atoms with Crippen LogP contribution in [0.3, 0.4) is 0 Å². The summed E-state index contributed by atoms with van der Waals surface area (Å²) in [5.74, 6) is 1.04. The van der Waals surface area contributed by atoms with Gasteiger partial charge in [0.15, 0.2) is 0 Å². The average Bonchev–Trinajstić information content (AvgIpc) is 2.39. The predicted octanol–water partition coefficient (Wildman–Crippen LogP) is 1.74. The number of nitrogen functional groups attached to an aromatic ring is 1. The number of ether oxygens (including phenoxy) is 2. The SMILES string of the molecule is COc1ccccc1-c1cnnc(OC)c1N. The molecule has 0 radical (unpaired) electrons. The molecule has 0 atom stereocenters. The van der Waals surface area contributed by atoms with E-state index in [9.17, 15) is 0 Å². The standard InChI is InChI=1S/C12H13N3O2/c1-16-10-6-4-3-5-8(10)9-7-14-15-12(17-2)11(9)13/h3-7H,1-2H3,(H2,13,14). The molecule has 1 heterocycles. The van der Waals surface area contributed by atoms with Crippen molar-refractivity contribution in [2.75, 3.05) is 20.0 Å². The molecule has 88 valence electrons. The first-order valence-electron chi connectivity index (χ1n) is 5.06. The molecule has 0 saturated heterocycles. The molecule has 2 rings (SSSR count). The lowest BCUT2D eigenvalue weighted by molar-refractivity contribution is 0.394. The van der Waals surface area contributed by atoms with E-state index >= 15 is 0 Å². The fraction of sp³-hybridized carbons (Fsp3) is 0.167. The predicted molar refractivity (Wildman–Crippen MR) is 65.0 cm³/mol. The maximum Gasteiger partial charge on any atom is 0.257 e. The number of nitrogens with two attached hydrogens (primary N) is 1. The lowest BCUT2D eigenvalue weighted by atomic mass is 10.1. The summed E-state index contributed by atoms with van der Waals surface area (Å²) in [4.78, 5) is 0. The Morgan fingerprint density at radius 1 is 1.06 bits per heavy atom. The molecule has 17 heavy (non-hydrogen) atoms. The summed E-state index contributed by atoms with van der Waals surface area (Å²) < 4.78 is 10.3. The van der Waals surface area contributed by atoms with Crippen molar-refractivity contribution in [3.63, 3.8) is 0 Å². The van der Waals surface area contributed by atoms with Gasteiger partial charge in [-0.3, -0.25) is 0 Å². The van der Waals surface area contributed by atoms with Crippen molar-refractivity contribution in [1.29, 1.82) is 0 Å². The second kappa shape index (κ2) is 4.69. The van der Waals surface area contributed by atoms with Gasteiger partial charge in [-0.1, -0.05) is 18.2 Å². The van der Waals surface area contributed by atoms with E-state index in [0.29, 0.717) is 11.6 Å². The molecular formula is C12H13N3O2. The summed E-state index contributed by atoms with van der Waals surface area (Å²) in [6.45, 7) is 0. The van der Waals surface area contributed by atoms with Crippen LogP contribution in [0.4, 0.5) is 5.69 Å². The maximum absolute atomic E-state index is 5.97. The molecule has 0 spiro atoms. The van der Waals surface area contributed by atoms with Crippen molar-refractivity contribution in [2.24, 2.45) is 0 Å². The summed E-state index contributed by atoms with van der Waals surface area (Å²) in [5.41, 5.74) is 8.02. The van der Waals surface area contributed by atoms with Crippen LogP contribution in [0.5, 0.6) is 11.6 Å². The van der Waals surface area contributed by atoms with Gasteiger partial charge in [0.1, 0.15) is 11.4 Å². The summed E-state index contributed by atoms with van der Waals surface area (Å²) in [6.07, 6.45) is 1.59. The quantitative estimate of drug-likeness (QED) is 0.871. The van der Waals surface area contributed by atoms with Crippen LogP contribution in [0.2, 0.25) is 0 Å². The highest BCUT2D eigenvalue weighted by atomic mass is 16.5. The van der Waals surface area contributed by atoms with Gasteiger partial charge < -0.3 is 15.2 Å². The fourth-order valence-electron chi connectivity index (χ4n) is 1.61. The first-order valence-corrected chi connectivity index (χ1v) is 5.06. The van der Waals surface area contributed by atoms with Gasteiger partial charge in [0, 0.05) is 11.1 Å². The lowest BCUT2D eigenvalue weighted by Gasteiger charge is -2.11. The molecule has 0 aliphatic rings. The van der Waals surface area contributed by atoms with Gasteiger partial charge in [0.25, 0.3) is 5.88 Å². The number of para-hydroxylation sites is 1. The van der Waals surface area contributed by atoms with Gasteiger partial charge in [-0.25, -0.2) is 0 Å². The molecule has 0 unspecified atom stereocenters. The molecule has 5 heteroatoms. The molecule has 0 bridgehead atoms. The van der Waals surface area contributed by atoms with Crippen molar-refractivity contribution in [1.82, 2.24) is 10.2 Å². The summed E-state index contributed by atoms with van der Waals surface area (Å²) in [6, 6.07) is 7.57. The van der Waals surface area contributed by atoms with Crippen molar-refractivity contribution >= 4 is 5.69 Å². The number of hydrogen-bond donors (Lipinski definition) is 1. The molecule has 0 saturated carbocycles. The van der Waals surface area contributed by atoms with E-state index < -0.39 is 0 Å². The van der Waals surface area contributed by atoms with Crippen molar-refractivity contribution in [3.8, 4) is 22.8 Å². The van der Waals surface area contributed by atoms with Crippen LogP contribution in [0.15, 0.2) is 30.5 Å². The highest BCUT2D eigenvalue weighted by molar-refractivity contribution is 5.81. The second-order valence-electron chi connectivity index (χ2n) is 3.38. The molecule has 0 amide bonds. The molecule has 2 aromatic rings. The second-order valence-corrected chi connectivity index (χ2v) is 3.38. The van der Waals surface area contributed by atoms with E-state index in [4.69, 9.17) is 15.2 Å². The summed E-state index contributed by atoms with van der Waals surface area (Å²) in [7, 11) is 3.12. The van der Waals surface area contributed by atoms with Crippen molar-refractivity contribution in [3.05, 3.63) is 30.5 Å². The smallest absolute Gasteiger partial charge is 0.257 e. The van der Waals surface area contributed by atoms with Crippen LogP contribution < -0.4 is 15.2 Å². The third kappa shape index (κ3) is 1.99. The Hall–Kier alpha value is -2.30. The molecule has 1 aromatic heterocycles. The molecule has 2 N–H and O–H groups in total. The molecular weight excluding hydrogens is 218 g/mol. The van der Waals surface area contributed by atoms with Crippen LogP contribution in [0.25, 0.3) is 11.1 Å². The van der Waals surface area contributed by atoms with Crippen LogP contribution in [0, 0.1) is 0 Å². The van der Waals surface area contributed by atoms with Gasteiger partial charge in [0.05, 0.1) is 20.4 Å². The van der Waals surface area contributed by atoms with E-state index in [1.165, 1.54) is 7.11 Å². The van der Waals surface area contributed by atoms with Gasteiger partial charge >= 0.3 is 0 Å². The molecule has 1 aromatic carbocycles. The van der Waals surface area contributed by atoms with E-state index in [1.54, 1.807) is 13.3 Å². The Kier molecular flexibility index (Phi) is 3.09. The van der Waals surface area contributed by atoms with E-state index in [1.807, 2.05) is 24.3 Å². The first kappa shape index (κ1) is 11.2. The number of nitrogens with zero attached hydrogens (tertiary/aromatic N) is 2. The Morgan fingerprint density at radius 2 is 1.82 bits per heavy atom. The molecule has 0 aliphatic carbocycles. The normalized spacial score (nSPS) is 10.0. The maximum atomic E-state index is 5.97. The van der Waals surface area contributed by atoms with E-state index in [0.717, 1.165) is 16.9 Å². The van der Waals surface area contributed by atoms with Gasteiger partial charge in [-0.2, -0.15) is 5.10 Å². The monoisotopic (exact) mass is 231 g/mol. The first-order chi connectivity index (χ1) is 8.27. The zero-order chi connectivity index (χ0) is 12.3. The van der Waals surface area contributed by atoms with Crippen molar-refractivity contribution < 1.29 is 9.47 Å². The van der Waals surface area contributed by atoms with Crippen LogP contribution >= 0.6 is 0 Å². The van der Waals surface area contributed by atoms with E-state index in [-0.39, 0.29) is 0 Å². The van der Waals surface area contributed by atoms with Crippen LogP contribution in [-0.2, 0) is 0 Å². The van der Waals surface area contributed by atoms with E-state index in [2.05, 4.69) is 10.2 Å². The molecule has 0 fully saturated rings. The minimum Gasteiger partial charge on any atom is -0.496 e. The van der Waals surface area contributed by atoms with Crippen molar-refractivity contribution in [2.45, 2.75) is 0 Å². The Bertz CT molecular complexity index is 529. The summed E-state index contributed by atoms with van der Waals surface area (Å²) in [5, 5.41) is 7.66. The van der Waals surface area contributed by atoms with Gasteiger partial charge in [0.2, 0.25) is 0 Å². The highest BCUT2D eigenvalue weighted by Gasteiger charge is 2.13. The number of benzene rings is 1. The van der Waals surface area contributed by atoms with Gasteiger partial charge in [-0.05, 0) is 6.07 Å². The fourth-order valence-corrected chi connectivity index (χ4v) is 1.61.